The number of rotatable bonds is 1. The first-order chi connectivity index (χ1) is 5.41. The number of hydrogen-bond donors (Lipinski definition) is 1. The molecular formula is C8H12N2O2. The van der Waals surface area contributed by atoms with Crippen molar-refractivity contribution in [3.63, 3.8) is 0 Å². The minimum Gasteiger partial charge on any atom is -0.435 e. The molecule has 0 aliphatic carbocycles. The minimum atomic E-state index is -0.585. The zero-order valence-corrected chi connectivity index (χ0v) is 7.42. The number of hydrogen-bond acceptors (Lipinski definition) is 3. The van der Waals surface area contributed by atoms with E-state index in [0.29, 0.717) is 5.89 Å². The third kappa shape index (κ3) is 1.64. The fourth-order valence-corrected chi connectivity index (χ4v) is 0.735. The van der Waals surface area contributed by atoms with Crippen molar-refractivity contribution < 1.29 is 9.21 Å². The predicted octanol–water partition coefficient (Wildman–Crippen LogP) is 1.07. The van der Waals surface area contributed by atoms with Crippen LogP contribution in [0, 0.1) is 0 Å². The summed E-state index contributed by atoms with van der Waals surface area (Å²) in [6.45, 7) is 5.84. The van der Waals surface area contributed by atoms with Crippen LogP contribution in [0.15, 0.2) is 10.6 Å². The topological polar surface area (TPSA) is 69.1 Å². The monoisotopic (exact) mass is 168 g/mol. The lowest BCUT2D eigenvalue weighted by Crippen LogP contribution is -2.12. The molecule has 0 fully saturated rings. The van der Waals surface area contributed by atoms with Gasteiger partial charge in [0.25, 0.3) is 5.91 Å². The van der Waals surface area contributed by atoms with Crippen LogP contribution in [0.25, 0.3) is 0 Å². The summed E-state index contributed by atoms with van der Waals surface area (Å²) in [5.41, 5.74) is 4.81. The molecule has 1 aromatic heterocycles. The summed E-state index contributed by atoms with van der Waals surface area (Å²) in [6, 6.07) is 0. The van der Waals surface area contributed by atoms with Gasteiger partial charge in [0.05, 0.1) is 6.20 Å². The number of carbonyl (C=O) groups is 1. The van der Waals surface area contributed by atoms with E-state index >= 15 is 0 Å². The van der Waals surface area contributed by atoms with Crippen LogP contribution in [-0.4, -0.2) is 10.9 Å². The molecule has 0 spiro atoms. The predicted molar refractivity (Wildman–Crippen MR) is 43.7 cm³/mol. The average molecular weight is 168 g/mol. The van der Waals surface area contributed by atoms with Gasteiger partial charge in [0.1, 0.15) is 0 Å². The number of amides is 1. The molecule has 1 rings (SSSR count). The van der Waals surface area contributed by atoms with E-state index in [1.807, 2.05) is 20.8 Å². The van der Waals surface area contributed by atoms with Crippen LogP contribution in [-0.2, 0) is 5.41 Å². The Labute approximate surface area is 70.8 Å². The Bertz CT molecular complexity index is 296. The molecule has 66 valence electrons. The van der Waals surface area contributed by atoms with Crippen LogP contribution >= 0.6 is 0 Å². The highest BCUT2D eigenvalue weighted by Gasteiger charge is 2.21. The van der Waals surface area contributed by atoms with Crippen LogP contribution in [0.1, 0.15) is 37.2 Å². The molecule has 1 aromatic rings. The second kappa shape index (κ2) is 2.62. The lowest BCUT2D eigenvalue weighted by Gasteiger charge is -2.11. The van der Waals surface area contributed by atoms with Crippen LogP contribution in [0.2, 0.25) is 0 Å². The van der Waals surface area contributed by atoms with Crippen molar-refractivity contribution in [2.75, 3.05) is 0 Å². The normalized spacial score (nSPS) is 11.6. The van der Waals surface area contributed by atoms with Crippen molar-refractivity contribution in [3.8, 4) is 0 Å². The average Bonchev–Trinajstić information content (AvgIpc) is 2.30. The molecule has 2 N–H and O–H groups in total. The van der Waals surface area contributed by atoms with Gasteiger partial charge in [0, 0.05) is 5.41 Å². The molecule has 4 nitrogen and oxygen atoms in total. The van der Waals surface area contributed by atoms with Gasteiger partial charge in [0.2, 0.25) is 11.7 Å². The number of nitrogens with two attached hydrogens (primary N) is 1. The van der Waals surface area contributed by atoms with E-state index in [2.05, 4.69) is 4.98 Å². The van der Waals surface area contributed by atoms with Gasteiger partial charge in [0.15, 0.2) is 0 Å². The van der Waals surface area contributed by atoms with Gasteiger partial charge in [-0.3, -0.25) is 4.79 Å². The van der Waals surface area contributed by atoms with Crippen molar-refractivity contribution in [1.82, 2.24) is 4.98 Å². The van der Waals surface area contributed by atoms with E-state index in [-0.39, 0.29) is 11.2 Å². The summed E-state index contributed by atoms with van der Waals surface area (Å²) in [4.78, 5) is 14.6. The number of oxazole rings is 1. The number of nitrogens with zero attached hydrogens (tertiary/aromatic N) is 1. The van der Waals surface area contributed by atoms with E-state index in [1.54, 1.807) is 0 Å². The first kappa shape index (κ1) is 8.77. The molecule has 0 atom stereocenters. The zero-order valence-electron chi connectivity index (χ0n) is 7.42. The largest absolute Gasteiger partial charge is 0.435 e. The molecule has 0 saturated carbocycles. The maximum Gasteiger partial charge on any atom is 0.286 e. The minimum absolute atomic E-state index is 0.111. The number of carbonyl (C=O) groups excluding carboxylic acids is 1. The van der Waals surface area contributed by atoms with Gasteiger partial charge in [-0.05, 0) is 0 Å². The summed E-state index contributed by atoms with van der Waals surface area (Å²) in [5, 5.41) is 0. The van der Waals surface area contributed by atoms with E-state index < -0.39 is 5.91 Å². The fourth-order valence-electron chi connectivity index (χ4n) is 0.735. The summed E-state index contributed by atoms with van der Waals surface area (Å²) in [6.07, 6.45) is 1.35. The van der Waals surface area contributed by atoms with Gasteiger partial charge in [-0.2, -0.15) is 0 Å². The van der Waals surface area contributed by atoms with Crippen molar-refractivity contribution in [1.29, 1.82) is 0 Å². The Kier molecular flexibility index (Phi) is 1.92. The van der Waals surface area contributed by atoms with Gasteiger partial charge in [-0.1, -0.05) is 20.8 Å². The molecular weight excluding hydrogens is 156 g/mol. The Morgan fingerprint density at radius 3 is 2.42 bits per heavy atom. The molecule has 0 unspecified atom stereocenters. The summed E-state index contributed by atoms with van der Waals surface area (Å²) in [7, 11) is 0. The third-order valence-corrected chi connectivity index (χ3v) is 1.39. The van der Waals surface area contributed by atoms with Crippen molar-refractivity contribution in [2.24, 2.45) is 5.73 Å². The summed E-state index contributed by atoms with van der Waals surface area (Å²) >= 11 is 0. The Morgan fingerprint density at radius 1 is 1.58 bits per heavy atom. The van der Waals surface area contributed by atoms with Crippen molar-refractivity contribution in [2.45, 2.75) is 26.2 Å². The fraction of sp³-hybridized carbons (Fsp3) is 0.500. The van der Waals surface area contributed by atoms with E-state index in [1.165, 1.54) is 6.20 Å². The molecule has 0 radical (unpaired) electrons. The highest BCUT2D eigenvalue weighted by molar-refractivity contribution is 5.89. The summed E-state index contributed by atoms with van der Waals surface area (Å²) < 4.78 is 5.12. The molecule has 0 aliphatic rings. The Morgan fingerprint density at radius 2 is 2.17 bits per heavy atom. The highest BCUT2D eigenvalue weighted by Crippen LogP contribution is 2.20. The third-order valence-electron chi connectivity index (χ3n) is 1.39. The van der Waals surface area contributed by atoms with Crippen LogP contribution in [0.5, 0.6) is 0 Å². The van der Waals surface area contributed by atoms with Crippen molar-refractivity contribution in [3.05, 3.63) is 17.8 Å². The maximum absolute atomic E-state index is 10.6. The second-order valence-electron chi connectivity index (χ2n) is 3.64. The van der Waals surface area contributed by atoms with Gasteiger partial charge in [-0.15, -0.1) is 0 Å². The molecule has 1 amide bonds. The van der Waals surface area contributed by atoms with E-state index in [9.17, 15) is 4.79 Å². The van der Waals surface area contributed by atoms with Gasteiger partial charge < -0.3 is 10.2 Å². The quantitative estimate of drug-likeness (QED) is 0.681. The van der Waals surface area contributed by atoms with Gasteiger partial charge in [-0.25, -0.2) is 4.98 Å². The van der Waals surface area contributed by atoms with Crippen LogP contribution in [0.3, 0.4) is 0 Å². The standard InChI is InChI=1S/C8H12N2O2/c1-8(2,3)7-10-4-5(12-7)6(9)11/h4H,1-3H3,(H2,9,11). The maximum atomic E-state index is 10.6. The smallest absolute Gasteiger partial charge is 0.286 e. The Hall–Kier alpha value is -1.32. The highest BCUT2D eigenvalue weighted by atomic mass is 16.4. The second-order valence-corrected chi connectivity index (χ2v) is 3.64. The molecule has 0 bridgehead atoms. The number of aromatic nitrogens is 1. The molecule has 0 aliphatic heterocycles. The SMILES string of the molecule is CC(C)(C)c1ncc(C(N)=O)o1. The lowest BCUT2D eigenvalue weighted by atomic mass is 9.97. The molecule has 1 heterocycles. The van der Waals surface area contributed by atoms with E-state index in [0.717, 1.165) is 0 Å². The van der Waals surface area contributed by atoms with Crippen LogP contribution < -0.4 is 5.73 Å². The van der Waals surface area contributed by atoms with Crippen molar-refractivity contribution >= 4 is 5.91 Å². The number of primary amides is 1. The molecule has 0 aromatic carbocycles. The summed E-state index contributed by atoms with van der Waals surface area (Å²) in [5.74, 6) is 0.0502. The molecule has 0 saturated heterocycles. The lowest BCUT2D eigenvalue weighted by molar-refractivity contribution is 0.0970. The first-order valence-corrected chi connectivity index (χ1v) is 3.67. The first-order valence-electron chi connectivity index (χ1n) is 3.67. The molecule has 4 heteroatoms. The Balaban J connectivity index is 3.00. The molecule has 12 heavy (non-hydrogen) atoms. The van der Waals surface area contributed by atoms with Gasteiger partial charge >= 0.3 is 0 Å². The van der Waals surface area contributed by atoms with Crippen LogP contribution in [0.4, 0.5) is 0 Å². The van der Waals surface area contributed by atoms with E-state index in [4.69, 9.17) is 10.2 Å². The zero-order chi connectivity index (χ0) is 9.35.